The highest BCUT2D eigenvalue weighted by atomic mass is 16.5. The van der Waals surface area contributed by atoms with E-state index in [0.29, 0.717) is 22.3 Å². The van der Waals surface area contributed by atoms with Crippen LogP contribution in [0.3, 0.4) is 0 Å². The molecule has 0 spiro atoms. The molecule has 0 bridgehead atoms. The van der Waals surface area contributed by atoms with Crippen molar-refractivity contribution in [3.05, 3.63) is 106 Å². The van der Waals surface area contributed by atoms with E-state index in [9.17, 15) is 0 Å². The molecule has 186 valence electrons. The molecule has 0 saturated carbocycles. The largest absolute Gasteiger partial charge is 0.421 e. The first-order chi connectivity index (χ1) is 16.8. The molecule has 3 aromatic rings. The Bertz CT molecular complexity index is 1190. The Balaban J connectivity index is 1.66. The molecule has 0 heterocycles. The predicted molar refractivity (Wildman–Crippen MR) is 146 cm³/mol. The Morgan fingerprint density at radius 3 is 1.08 bits per heavy atom. The summed E-state index contributed by atoms with van der Waals surface area (Å²) in [4.78, 5) is 0. The van der Waals surface area contributed by atoms with Crippen LogP contribution in [-0.2, 0) is 20.3 Å². The van der Waals surface area contributed by atoms with Crippen molar-refractivity contribution in [2.75, 3.05) is 0 Å². The standard InChI is InChI=1S/C30H34N4O2/c1-29(2,3)23-14-10-19(11-15-23)25(31)35-27(33)21-8-7-9-22(18-21)28(34)36-26(32)20-12-16-24(17-13-20)30(4,5)6/h7-18,31-34H,1-6H3. The summed E-state index contributed by atoms with van der Waals surface area (Å²) in [7, 11) is 0. The van der Waals surface area contributed by atoms with Gasteiger partial charge < -0.3 is 9.47 Å². The molecular formula is C30H34N4O2. The van der Waals surface area contributed by atoms with Crippen LogP contribution in [0.15, 0.2) is 72.8 Å². The zero-order valence-corrected chi connectivity index (χ0v) is 21.7. The van der Waals surface area contributed by atoms with Crippen molar-refractivity contribution in [3.63, 3.8) is 0 Å². The lowest BCUT2D eigenvalue weighted by molar-refractivity contribution is 0.536. The van der Waals surface area contributed by atoms with Crippen LogP contribution < -0.4 is 0 Å². The van der Waals surface area contributed by atoms with E-state index in [0.717, 1.165) is 11.1 Å². The molecular weight excluding hydrogens is 448 g/mol. The molecule has 0 fully saturated rings. The van der Waals surface area contributed by atoms with Gasteiger partial charge >= 0.3 is 0 Å². The van der Waals surface area contributed by atoms with Gasteiger partial charge in [-0.15, -0.1) is 0 Å². The molecule has 6 nitrogen and oxygen atoms in total. The quantitative estimate of drug-likeness (QED) is 0.236. The van der Waals surface area contributed by atoms with Crippen molar-refractivity contribution < 1.29 is 9.47 Å². The number of ether oxygens (including phenoxy) is 2. The van der Waals surface area contributed by atoms with Crippen LogP contribution in [0.4, 0.5) is 0 Å². The third kappa shape index (κ3) is 6.54. The minimum atomic E-state index is -0.206. The molecule has 6 heteroatoms. The molecule has 0 atom stereocenters. The summed E-state index contributed by atoms with van der Waals surface area (Å²) < 4.78 is 11.0. The Hall–Kier alpha value is -4.06. The predicted octanol–water partition coefficient (Wildman–Crippen LogP) is 7.02. The lowest BCUT2D eigenvalue weighted by atomic mass is 9.87. The van der Waals surface area contributed by atoms with Gasteiger partial charge in [-0.1, -0.05) is 71.9 Å². The van der Waals surface area contributed by atoms with E-state index in [4.69, 9.17) is 31.1 Å². The lowest BCUT2D eigenvalue weighted by Crippen LogP contribution is -2.16. The average molecular weight is 483 g/mol. The molecule has 3 rings (SSSR count). The highest BCUT2D eigenvalue weighted by Crippen LogP contribution is 2.23. The summed E-state index contributed by atoms with van der Waals surface area (Å²) in [6.45, 7) is 12.7. The van der Waals surface area contributed by atoms with Crippen LogP contribution >= 0.6 is 0 Å². The highest BCUT2D eigenvalue weighted by Gasteiger charge is 2.17. The van der Waals surface area contributed by atoms with Crippen molar-refractivity contribution in [1.82, 2.24) is 0 Å². The second-order valence-electron chi connectivity index (χ2n) is 10.8. The Labute approximate surface area is 213 Å². The normalized spacial score (nSPS) is 11.5. The van der Waals surface area contributed by atoms with Gasteiger partial charge in [-0.25, -0.2) is 0 Å². The number of hydrogen-bond donors (Lipinski definition) is 4. The average Bonchev–Trinajstić information content (AvgIpc) is 2.83. The van der Waals surface area contributed by atoms with Crippen LogP contribution in [-0.4, -0.2) is 23.6 Å². The van der Waals surface area contributed by atoms with E-state index in [1.807, 2.05) is 48.5 Å². The minimum absolute atomic E-state index is 0.00742. The van der Waals surface area contributed by atoms with Gasteiger partial charge in [0.25, 0.3) is 0 Å². The van der Waals surface area contributed by atoms with Gasteiger partial charge in [0.05, 0.1) is 0 Å². The number of nitrogens with one attached hydrogen (secondary N) is 4. The summed E-state index contributed by atoms with van der Waals surface area (Å²) in [5, 5.41) is 33.2. The van der Waals surface area contributed by atoms with Crippen LogP contribution in [0, 0.1) is 21.6 Å². The molecule has 0 aliphatic rings. The molecule has 0 amide bonds. The first-order valence-electron chi connectivity index (χ1n) is 11.8. The summed E-state index contributed by atoms with van der Waals surface area (Å²) in [6.07, 6.45) is 0. The zero-order valence-electron chi connectivity index (χ0n) is 21.7. The fraction of sp³-hybridized carbons (Fsp3) is 0.267. The highest BCUT2D eigenvalue weighted by molar-refractivity contribution is 6.07. The van der Waals surface area contributed by atoms with Crippen molar-refractivity contribution in [3.8, 4) is 0 Å². The molecule has 4 N–H and O–H groups in total. The summed E-state index contributed by atoms with van der Waals surface area (Å²) in [5.41, 5.74) is 4.26. The number of benzene rings is 3. The number of hydrogen-bond acceptors (Lipinski definition) is 6. The molecule has 36 heavy (non-hydrogen) atoms. The Morgan fingerprint density at radius 1 is 0.472 bits per heavy atom. The maximum absolute atomic E-state index is 8.32. The second kappa shape index (κ2) is 10.3. The van der Waals surface area contributed by atoms with Gasteiger partial charge in [-0.3, -0.25) is 21.6 Å². The van der Waals surface area contributed by atoms with Gasteiger partial charge in [-0.05, 0) is 64.4 Å². The van der Waals surface area contributed by atoms with Gasteiger partial charge in [0, 0.05) is 22.3 Å². The van der Waals surface area contributed by atoms with Crippen molar-refractivity contribution >= 4 is 23.6 Å². The summed E-state index contributed by atoms with van der Waals surface area (Å²) in [5.74, 6) is -0.667. The number of rotatable bonds is 4. The van der Waals surface area contributed by atoms with Crippen LogP contribution in [0.2, 0.25) is 0 Å². The van der Waals surface area contributed by atoms with Gasteiger partial charge in [0.1, 0.15) is 0 Å². The third-order valence-corrected chi connectivity index (χ3v) is 5.82. The summed E-state index contributed by atoms with van der Waals surface area (Å²) >= 11 is 0. The zero-order chi connectivity index (χ0) is 26.7. The molecule has 0 radical (unpaired) electrons. The van der Waals surface area contributed by atoms with E-state index in [1.165, 1.54) is 0 Å². The molecule has 0 aliphatic carbocycles. The van der Waals surface area contributed by atoms with E-state index >= 15 is 0 Å². The first-order valence-corrected chi connectivity index (χ1v) is 11.8. The maximum atomic E-state index is 8.32. The summed E-state index contributed by atoms with van der Waals surface area (Å²) in [6, 6.07) is 21.7. The van der Waals surface area contributed by atoms with Crippen LogP contribution in [0.5, 0.6) is 0 Å². The lowest BCUT2D eigenvalue weighted by Gasteiger charge is -2.19. The van der Waals surface area contributed by atoms with Gasteiger partial charge in [0.15, 0.2) is 0 Å². The van der Waals surface area contributed by atoms with Crippen LogP contribution in [0.25, 0.3) is 0 Å². The monoisotopic (exact) mass is 482 g/mol. The van der Waals surface area contributed by atoms with Crippen molar-refractivity contribution in [1.29, 1.82) is 21.6 Å². The Kier molecular flexibility index (Phi) is 7.58. The second-order valence-corrected chi connectivity index (χ2v) is 10.8. The van der Waals surface area contributed by atoms with Crippen molar-refractivity contribution in [2.24, 2.45) is 0 Å². The van der Waals surface area contributed by atoms with E-state index < -0.39 is 0 Å². The van der Waals surface area contributed by atoms with Crippen LogP contribution in [0.1, 0.15) is 74.9 Å². The Morgan fingerprint density at radius 2 is 0.778 bits per heavy atom. The smallest absolute Gasteiger partial charge is 0.221 e. The van der Waals surface area contributed by atoms with Gasteiger partial charge in [-0.2, -0.15) is 0 Å². The molecule has 0 saturated heterocycles. The first kappa shape index (κ1) is 26.5. The van der Waals surface area contributed by atoms with Crippen molar-refractivity contribution in [2.45, 2.75) is 52.4 Å². The van der Waals surface area contributed by atoms with E-state index in [1.54, 1.807) is 24.3 Å². The molecule has 0 unspecified atom stereocenters. The molecule has 3 aromatic carbocycles. The third-order valence-electron chi connectivity index (χ3n) is 5.82. The fourth-order valence-electron chi connectivity index (χ4n) is 3.48. The molecule has 0 aliphatic heterocycles. The fourth-order valence-corrected chi connectivity index (χ4v) is 3.48. The van der Waals surface area contributed by atoms with E-state index in [-0.39, 0.29) is 34.4 Å². The maximum Gasteiger partial charge on any atom is 0.221 e. The van der Waals surface area contributed by atoms with E-state index in [2.05, 4.69) is 41.5 Å². The molecule has 0 aromatic heterocycles. The SMILES string of the molecule is CC(C)(C)c1ccc(C(=N)OC(=N)c2cccc(C(=N)OC(=N)c3ccc(C(C)(C)C)cc3)c2)cc1. The van der Waals surface area contributed by atoms with Gasteiger partial charge in [0.2, 0.25) is 23.6 Å². The minimum Gasteiger partial charge on any atom is -0.421 e. The topological polar surface area (TPSA) is 114 Å².